The molecule has 0 spiro atoms. The largest absolute Gasteiger partial charge is 0.461 e. The van der Waals surface area contributed by atoms with Gasteiger partial charge in [-0.05, 0) is 57.2 Å². The Morgan fingerprint density at radius 3 is 2.70 bits per heavy atom. The lowest BCUT2D eigenvalue weighted by Crippen LogP contribution is -2.51. The zero-order valence-electron chi connectivity index (χ0n) is 24.4. The lowest BCUT2D eigenvalue weighted by atomic mass is 9.95. The number of anilines is 3. The highest BCUT2D eigenvalue weighted by molar-refractivity contribution is 6.05. The van der Waals surface area contributed by atoms with Crippen molar-refractivity contribution in [3.05, 3.63) is 24.1 Å². The minimum absolute atomic E-state index is 0.00395. The summed E-state index contributed by atoms with van der Waals surface area (Å²) in [5.41, 5.74) is 9.29. The molecule has 4 aromatic rings. The third kappa shape index (κ3) is 4.34. The number of hydrogen-bond acceptors (Lipinski definition) is 11. The fourth-order valence-corrected chi connectivity index (χ4v) is 7.93. The first-order valence-electron chi connectivity index (χ1n) is 15.8. The van der Waals surface area contributed by atoms with Gasteiger partial charge in [0.15, 0.2) is 17.2 Å². The van der Waals surface area contributed by atoms with Gasteiger partial charge in [-0.2, -0.15) is 15.0 Å². The van der Waals surface area contributed by atoms with Crippen molar-refractivity contribution >= 4 is 39.7 Å². The number of nitrogens with one attached hydrogen (secondary N) is 2. The molecule has 230 valence electrons. The lowest BCUT2D eigenvalue weighted by Gasteiger charge is -2.34. The Morgan fingerprint density at radius 2 is 1.89 bits per heavy atom. The number of pyridine rings is 1. The second-order valence-corrected chi connectivity index (χ2v) is 13.2. The van der Waals surface area contributed by atoms with Crippen LogP contribution in [0.2, 0.25) is 0 Å². The van der Waals surface area contributed by atoms with Gasteiger partial charge in [-0.3, -0.25) is 4.90 Å². The number of hydrogen-bond donors (Lipinski definition) is 3. The molecule has 4 aliphatic heterocycles. The molecule has 3 aromatic heterocycles. The highest BCUT2D eigenvalue weighted by Gasteiger charge is 2.49. The molecule has 7 heterocycles. The summed E-state index contributed by atoms with van der Waals surface area (Å²) >= 11 is 0. The third-order valence-corrected chi connectivity index (χ3v) is 10.1. The minimum atomic E-state index is -0.845. The number of oxazole rings is 1. The summed E-state index contributed by atoms with van der Waals surface area (Å²) in [6.45, 7) is 3.31. The molecule has 2 bridgehead atoms. The molecule has 2 unspecified atom stereocenters. The molecule has 0 radical (unpaired) electrons. The van der Waals surface area contributed by atoms with Gasteiger partial charge in [0.25, 0.3) is 6.01 Å². The van der Waals surface area contributed by atoms with Crippen LogP contribution in [0.25, 0.3) is 33.3 Å². The molecule has 1 saturated carbocycles. The normalized spacial score (nSPS) is 28.3. The van der Waals surface area contributed by atoms with Crippen LogP contribution in [0.3, 0.4) is 0 Å². The summed E-state index contributed by atoms with van der Waals surface area (Å²) in [6, 6.07) is 4.25. The van der Waals surface area contributed by atoms with E-state index < -0.39 is 12.0 Å². The molecular formula is C31H35F2N9O2. The molecule has 11 nitrogen and oxygen atoms in total. The summed E-state index contributed by atoms with van der Waals surface area (Å²) in [4.78, 5) is 23.8. The topological polar surface area (TPSA) is 130 Å². The number of piperazine rings is 1. The van der Waals surface area contributed by atoms with E-state index in [1.54, 1.807) is 12.3 Å². The Morgan fingerprint density at radius 1 is 1.05 bits per heavy atom. The molecule has 1 aromatic carbocycles. The van der Waals surface area contributed by atoms with Gasteiger partial charge in [-0.15, -0.1) is 0 Å². The van der Waals surface area contributed by atoms with Crippen LogP contribution >= 0.6 is 0 Å². The molecule has 0 amide bonds. The van der Waals surface area contributed by atoms with E-state index in [0.29, 0.717) is 53.8 Å². The van der Waals surface area contributed by atoms with Gasteiger partial charge in [-0.25, -0.2) is 13.8 Å². The third-order valence-electron chi connectivity index (χ3n) is 10.1. The molecule has 4 saturated heterocycles. The molecule has 5 fully saturated rings. The van der Waals surface area contributed by atoms with Crippen molar-refractivity contribution in [2.45, 2.75) is 74.8 Å². The van der Waals surface area contributed by atoms with Crippen LogP contribution in [0, 0.1) is 5.82 Å². The lowest BCUT2D eigenvalue weighted by molar-refractivity contribution is 0.107. The van der Waals surface area contributed by atoms with Crippen molar-refractivity contribution in [2.24, 2.45) is 0 Å². The van der Waals surface area contributed by atoms with Crippen molar-refractivity contribution in [1.29, 1.82) is 0 Å². The van der Waals surface area contributed by atoms with Gasteiger partial charge in [0.1, 0.15) is 29.3 Å². The standard InChI is InChI=1S/C31H35F2N9O2/c32-16-10-31(8-1-9-42(31)12-16)15-43-30-39-25-23(37-17-2-3-17)21(20-6-7-22(33)27-24(20)38-29(34)44-27)11-35-26(25)28(40-30)41-13-18-4-5-19(14-41)36-18/h6-7,11,16-19,36H,1-5,8-10,12-15H2,(H2,34,38)(H,35,37)/t16-,18?,19?,31+/m1/s1. The Bertz CT molecular complexity index is 1770. The van der Waals surface area contributed by atoms with Crippen LogP contribution in [0.15, 0.2) is 22.7 Å². The predicted molar refractivity (Wildman–Crippen MR) is 162 cm³/mol. The van der Waals surface area contributed by atoms with E-state index >= 15 is 0 Å². The SMILES string of the molecule is Nc1nc2c(-c3cnc4c(N5CC6CCC(C5)N6)nc(OC[C@@]56CCCN5C[C@H](F)C6)nc4c3NC3CC3)ccc(F)c2o1. The fraction of sp³-hybridized carbons (Fsp3) is 0.548. The molecule has 44 heavy (non-hydrogen) atoms. The smallest absolute Gasteiger partial charge is 0.319 e. The number of aromatic nitrogens is 4. The van der Waals surface area contributed by atoms with Crippen LogP contribution < -0.4 is 26.0 Å². The van der Waals surface area contributed by atoms with E-state index in [-0.39, 0.29) is 29.2 Å². The first-order chi connectivity index (χ1) is 21.4. The first-order valence-corrected chi connectivity index (χ1v) is 15.8. The highest BCUT2D eigenvalue weighted by Crippen LogP contribution is 2.43. The number of nitrogens with zero attached hydrogens (tertiary/aromatic N) is 6. The second kappa shape index (κ2) is 9.83. The van der Waals surface area contributed by atoms with E-state index in [2.05, 4.69) is 25.4 Å². The minimum Gasteiger partial charge on any atom is -0.461 e. The van der Waals surface area contributed by atoms with Gasteiger partial charge in [-0.1, -0.05) is 0 Å². The molecule has 9 rings (SSSR count). The van der Waals surface area contributed by atoms with Crippen LogP contribution in [0.5, 0.6) is 6.01 Å². The zero-order chi connectivity index (χ0) is 29.6. The van der Waals surface area contributed by atoms with Crippen molar-refractivity contribution in [3.8, 4) is 17.1 Å². The quantitative estimate of drug-likeness (QED) is 0.283. The Labute approximate surface area is 252 Å². The molecule has 4 atom stereocenters. The summed E-state index contributed by atoms with van der Waals surface area (Å²) < 4.78 is 41.1. The number of halogens is 2. The Balaban J connectivity index is 1.20. The van der Waals surface area contributed by atoms with Crippen LogP contribution in [0.1, 0.15) is 44.9 Å². The van der Waals surface area contributed by atoms with Gasteiger partial charge in [0.2, 0.25) is 0 Å². The van der Waals surface area contributed by atoms with E-state index in [1.165, 1.54) is 6.07 Å². The zero-order valence-corrected chi connectivity index (χ0v) is 24.4. The van der Waals surface area contributed by atoms with Crippen molar-refractivity contribution < 1.29 is 17.9 Å². The summed E-state index contributed by atoms with van der Waals surface area (Å²) in [5, 5.41) is 7.38. The maximum Gasteiger partial charge on any atom is 0.319 e. The van der Waals surface area contributed by atoms with Crippen LogP contribution in [-0.2, 0) is 0 Å². The van der Waals surface area contributed by atoms with E-state index in [1.807, 2.05) is 0 Å². The highest BCUT2D eigenvalue weighted by atomic mass is 19.1. The van der Waals surface area contributed by atoms with Gasteiger partial charge >= 0.3 is 6.01 Å². The number of fused-ring (bicyclic) bond motifs is 5. The summed E-state index contributed by atoms with van der Waals surface area (Å²) in [6.07, 6.45) is 7.66. The van der Waals surface area contributed by atoms with Gasteiger partial charge in [0.05, 0.1) is 11.2 Å². The predicted octanol–water partition coefficient (Wildman–Crippen LogP) is 4.02. The Kier molecular flexibility index (Phi) is 5.93. The van der Waals surface area contributed by atoms with E-state index in [9.17, 15) is 8.78 Å². The Hall–Kier alpha value is -3.84. The maximum atomic E-state index is 14.7. The van der Waals surface area contributed by atoms with Gasteiger partial charge in [0, 0.05) is 61.5 Å². The van der Waals surface area contributed by atoms with Crippen molar-refractivity contribution in [1.82, 2.24) is 30.2 Å². The second-order valence-electron chi connectivity index (χ2n) is 13.2. The summed E-state index contributed by atoms with van der Waals surface area (Å²) in [5.74, 6) is 0.203. The molecular weight excluding hydrogens is 568 g/mol. The average Bonchev–Trinajstić information content (AvgIpc) is 3.28. The van der Waals surface area contributed by atoms with E-state index in [4.69, 9.17) is 29.8 Å². The number of nitrogens with two attached hydrogens (primary N) is 1. The summed E-state index contributed by atoms with van der Waals surface area (Å²) in [7, 11) is 0. The van der Waals surface area contributed by atoms with E-state index in [0.717, 1.165) is 75.2 Å². The first kappa shape index (κ1) is 26.6. The number of alkyl halides is 1. The number of benzene rings is 1. The monoisotopic (exact) mass is 603 g/mol. The number of ether oxygens (including phenoxy) is 1. The molecule has 1 aliphatic carbocycles. The molecule has 5 aliphatic rings. The number of rotatable bonds is 7. The number of nitrogen functional groups attached to an aromatic ring is 1. The average molecular weight is 604 g/mol. The molecule has 13 heteroatoms. The molecule has 4 N–H and O–H groups in total. The van der Waals surface area contributed by atoms with Crippen LogP contribution in [0.4, 0.5) is 26.3 Å². The van der Waals surface area contributed by atoms with Crippen molar-refractivity contribution in [3.63, 3.8) is 0 Å². The van der Waals surface area contributed by atoms with Gasteiger partial charge < -0.3 is 30.4 Å². The van der Waals surface area contributed by atoms with Crippen LogP contribution in [-0.4, -0.2) is 87.5 Å². The maximum absolute atomic E-state index is 14.7. The van der Waals surface area contributed by atoms with Crippen molar-refractivity contribution in [2.75, 3.05) is 48.7 Å². The fourth-order valence-electron chi connectivity index (χ4n) is 7.93.